The minimum atomic E-state index is -0.632. The predicted molar refractivity (Wildman–Crippen MR) is 89.2 cm³/mol. The van der Waals surface area contributed by atoms with Gasteiger partial charge in [0, 0.05) is 0 Å². The first kappa shape index (κ1) is 15.6. The molecule has 22 heavy (non-hydrogen) atoms. The highest BCUT2D eigenvalue weighted by atomic mass is 16.4. The summed E-state index contributed by atoms with van der Waals surface area (Å²) in [5.74, 6) is -0.0212. The molecule has 0 heterocycles. The number of benzene rings is 1. The molecule has 0 aromatic heterocycles. The van der Waals surface area contributed by atoms with Crippen molar-refractivity contribution in [3.05, 3.63) is 35.4 Å². The van der Waals surface area contributed by atoms with Crippen molar-refractivity contribution >= 4 is 5.97 Å². The van der Waals surface area contributed by atoms with Crippen LogP contribution in [0.15, 0.2) is 24.3 Å². The summed E-state index contributed by atoms with van der Waals surface area (Å²) >= 11 is 0. The Morgan fingerprint density at radius 3 is 2.32 bits per heavy atom. The number of carboxylic acid groups (broad SMARTS) is 1. The minimum absolute atomic E-state index is 0.474. The molecular formula is C20H28O2. The maximum atomic E-state index is 11.9. The molecule has 2 saturated carbocycles. The van der Waals surface area contributed by atoms with Crippen LogP contribution in [0.3, 0.4) is 0 Å². The van der Waals surface area contributed by atoms with Gasteiger partial charge in [-0.1, -0.05) is 51.0 Å². The third-order valence-corrected chi connectivity index (χ3v) is 6.12. The molecule has 0 bridgehead atoms. The molecule has 2 aliphatic carbocycles. The number of hydrogen-bond acceptors (Lipinski definition) is 1. The number of carboxylic acids is 1. The van der Waals surface area contributed by atoms with Crippen LogP contribution in [0.5, 0.6) is 0 Å². The smallest absolute Gasteiger partial charge is 0.314 e. The van der Waals surface area contributed by atoms with Gasteiger partial charge in [0.05, 0.1) is 5.41 Å². The van der Waals surface area contributed by atoms with Crippen molar-refractivity contribution in [2.24, 2.45) is 5.41 Å². The molecule has 0 spiro atoms. The average Bonchev–Trinajstić information content (AvgIpc) is 2.98. The van der Waals surface area contributed by atoms with E-state index in [1.165, 1.54) is 31.2 Å². The zero-order chi connectivity index (χ0) is 15.8. The summed E-state index contributed by atoms with van der Waals surface area (Å²) in [5.41, 5.74) is 2.26. The molecule has 0 aliphatic heterocycles. The molecule has 2 fully saturated rings. The molecule has 2 nitrogen and oxygen atoms in total. The van der Waals surface area contributed by atoms with Crippen molar-refractivity contribution in [1.82, 2.24) is 0 Å². The fraction of sp³-hybridized carbons (Fsp3) is 0.650. The van der Waals surface area contributed by atoms with Gasteiger partial charge in [-0.25, -0.2) is 0 Å². The van der Waals surface area contributed by atoms with Crippen molar-refractivity contribution in [1.29, 1.82) is 0 Å². The fourth-order valence-corrected chi connectivity index (χ4v) is 4.43. The molecule has 0 saturated heterocycles. The topological polar surface area (TPSA) is 37.3 Å². The number of rotatable bonds is 3. The highest BCUT2D eigenvalue weighted by Gasteiger charge is 2.43. The van der Waals surface area contributed by atoms with Gasteiger partial charge < -0.3 is 5.11 Å². The Bertz CT molecular complexity index is 543. The Balaban J connectivity index is 1.85. The highest BCUT2D eigenvalue weighted by molar-refractivity contribution is 5.81. The van der Waals surface area contributed by atoms with Crippen molar-refractivity contribution in [2.75, 3.05) is 0 Å². The van der Waals surface area contributed by atoms with E-state index in [-0.39, 0.29) is 0 Å². The van der Waals surface area contributed by atoms with Gasteiger partial charge in [0.1, 0.15) is 0 Å². The van der Waals surface area contributed by atoms with Gasteiger partial charge in [-0.15, -0.1) is 0 Å². The molecule has 1 N–H and O–H groups in total. The van der Waals surface area contributed by atoms with E-state index in [0.717, 1.165) is 31.2 Å². The van der Waals surface area contributed by atoms with Crippen LogP contribution in [-0.2, 0) is 10.2 Å². The van der Waals surface area contributed by atoms with Crippen LogP contribution in [0.2, 0.25) is 0 Å². The first-order valence-electron chi connectivity index (χ1n) is 8.77. The van der Waals surface area contributed by atoms with Gasteiger partial charge in [-0.3, -0.25) is 4.79 Å². The monoisotopic (exact) mass is 300 g/mol. The molecule has 0 unspecified atom stereocenters. The summed E-state index contributed by atoms with van der Waals surface area (Å²) in [7, 11) is 0. The molecule has 0 radical (unpaired) electrons. The van der Waals surface area contributed by atoms with Gasteiger partial charge in [0.25, 0.3) is 0 Å². The molecule has 2 heteroatoms. The van der Waals surface area contributed by atoms with Gasteiger partial charge in [0.15, 0.2) is 0 Å². The lowest BCUT2D eigenvalue weighted by Crippen LogP contribution is -2.32. The van der Waals surface area contributed by atoms with Crippen molar-refractivity contribution < 1.29 is 9.90 Å². The van der Waals surface area contributed by atoms with Gasteiger partial charge in [-0.2, -0.15) is 0 Å². The second kappa shape index (κ2) is 5.72. The van der Waals surface area contributed by atoms with Crippen molar-refractivity contribution in [3.63, 3.8) is 0 Å². The Morgan fingerprint density at radius 2 is 1.73 bits per heavy atom. The standard InChI is InChI=1S/C20H28O2/c1-19(2)12-8-15(9-13-19)16-6-5-7-17(14-16)20(18(21)22)10-3-4-11-20/h5-7,14-15H,3-4,8-13H2,1-2H3,(H,21,22). The molecule has 1 aromatic rings. The van der Waals surface area contributed by atoms with Gasteiger partial charge in [-0.05, 0) is 61.0 Å². The summed E-state index contributed by atoms with van der Waals surface area (Å²) < 4.78 is 0. The quantitative estimate of drug-likeness (QED) is 0.826. The van der Waals surface area contributed by atoms with E-state index in [9.17, 15) is 9.90 Å². The molecule has 2 aliphatic rings. The molecule has 0 amide bonds. The summed E-state index contributed by atoms with van der Waals surface area (Å²) in [5, 5.41) is 9.79. The lowest BCUT2D eigenvalue weighted by atomic mass is 9.70. The Labute approximate surface area is 133 Å². The minimum Gasteiger partial charge on any atom is -0.481 e. The third-order valence-electron chi connectivity index (χ3n) is 6.12. The Hall–Kier alpha value is -1.31. The number of aliphatic carboxylic acids is 1. The van der Waals surface area contributed by atoms with Crippen LogP contribution in [-0.4, -0.2) is 11.1 Å². The van der Waals surface area contributed by atoms with E-state index in [1.807, 2.05) is 6.07 Å². The van der Waals surface area contributed by atoms with Crippen LogP contribution in [0.25, 0.3) is 0 Å². The zero-order valence-corrected chi connectivity index (χ0v) is 13.9. The van der Waals surface area contributed by atoms with E-state index in [1.54, 1.807) is 0 Å². The molecule has 3 rings (SSSR count). The summed E-state index contributed by atoms with van der Waals surface area (Å²) in [6, 6.07) is 8.53. The molecule has 120 valence electrons. The Kier molecular flexibility index (Phi) is 4.05. The second-order valence-corrected chi connectivity index (χ2v) is 8.16. The summed E-state index contributed by atoms with van der Waals surface area (Å²) in [4.78, 5) is 11.9. The van der Waals surface area contributed by atoms with Crippen molar-refractivity contribution in [2.45, 2.75) is 76.5 Å². The number of hydrogen-bond donors (Lipinski definition) is 1. The molecule has 0 atom stereocenters. The fourth-order valence-electron chi connectivity index (χ4n) is 4.43. The Morgan fingerprint density at radius 1 is 1.09 bits per heavy atom. The van der Waals surface area contributed by atoms with Crippen LogP contribution in [0.4, 0.5) is 0 Å². The maximum Gasteiger partial charge on any atom is 0.314 e. The van der Waals surface area contributed by atoms with Crippen LogP contribution >= 0.6 is 0 Å². The predicted octanol–water partition coefficient (Wildman–Crippen LogP) is 5.27. The van der Waals surface area contributed by atoms with Gasteiger partial charge in [0.2, 0.25) is 0 Å². The second-order valence-electron chi connectivity index (χ2n) is 8.16. The lowest BCUT2D eigenvalue weighted by Gasteiger charge is -2.35. The lowest BCUT2D eigenvalue weighted by molar-refractivity contribution is -0.143. The molecule has 1 aromatic carbocycles. The van der Waals surface area contributed by atoms with E-state index in [0.29, 0.717) is 11.3 Å². The largest absolute Gasteiger partial charge is 0.481 e. The van der Waals surface area contributed by atoms with Crippen LogP contribution in [0.1, 0.15) is 82.3 Å². The van der Waals surface area contributed by atoms with E-state index >= 15 is 0 Å². The van der Waals surface area contributed by atoms with Crippen molar-refractivity contribution in [3.8, 4) is 0 Å². The maximum absolute atomic E-state index is 11.9. The average molecular weight is 300 g/mol. The zero-order valence-electron chi connectivity index (χ0n) is 13.9. The van der Waals surface area contributed by atoms with E-state index in [2.05, 4.69) is 32.0 Å². The highest BCUT2D eigenvalue weighted by Crippen LogP contribution is 2.45. The number of carbonyl (C=O) groups is 1. The van der Waals surface area contributed by atoms with E-state index < -0.39 is 11.4 Å². The van der Waals surface area contributed by atoms with E-state index in [4.69, 9.17) is 0 Å². The first-order valence-corrected chi connectivity index (χ1v) is 8.77. The van der Waals surface area contributed by atoms with Gasteiger partial charge >= 0.3 is 5.97 Å². The summed E-state index contributed by atoms with van der Waals surface area (Å²) in [6.07, 6.45) is 8.67. The molecular weight excluding hydrogens is 272 g/mol. The first-order chi connectivity index (χ1) is 10.4. The van der Waals surface area contributed by atoms with Crippen LogP contribution < -0.4 is 0 Å². The SMILES string of the molecule is CC1(C)CCC(c2cccc(C3(C(=O)O)CCCC3)c2)CC1. The normalized spacial score (nSPS) is 24.3. The van der Waals surface area contributed by atoms with Crippen LogP contribution in [0, 0.1) is 5.41 Å². The third kappa shape index (κ3) is 2.80. The summed E-state index contributed by atoms with van der Waals surface area (Å²) in [6.45, 7) is 4.72.